The average Bonchev–Trinajstić information content (AvgIpc) is 3.20. The SMILES string of the molecule is c1ccc(NCc2cc(CNc3ccccn3)cc(OCCCCCCOc3cc(CNc4ccccn4)cc(CNc4ccccn4)c3)c2)nc1. The van der Waals surface area contributed by atoms with Gasteiger partial charge in [-0.25, -0.2) is 19.9 Å². The second kappa shape index (κ2) is 19.9. The van der Waals surface area contributed by atoms with Crippen molar-refractivity contribution in [1.29, 1.82) is 0 Å². The fraction of sp³-hybridized carbons (Fsp3) is 0.238. The summed E-state index contributed by atoms with van der Waals surface area (Å²) in [4.78, 5) is 17.5. The minimum atomic E-state index is 0.649. The van der Waals surface area contributed by atoms with Crippen molar-refractivity contribution in [2.45, 2.75) is 51.9 Å². The summed E-state index contributed by atoms with van der Waals surface area (Å²) < 4.78 is 12.5. The van der Waals surface area contributed by atoms with Gasteiger partial charge in [-0.1, -0.05) is 36.4 Å². The van der Waals surface area contributed by atoms with E-state index >= 15 is 0 Å². The maximum absolute atomic E-state index is 6.26. The predicted octanol–water partition coefficient (Wildman–Crippen LogP) is 8.73. The highest BCUT2D eigenvalue weighted by molar-refractivity contribution is 5.43. The molecule has 0 unspecified atom stereocenters. The van der Waals surface area contributed by atoms with E-state index < -0.39 is 0 Å². The Kier molecular flexibility index (Phi) is 13.6. The molecule has 10 nitrogen and oxygen atoms in total. The van der Waals surface area contributed by atoms with Crippen LogP contribution in [0.4, 0.5) is 23.3 Å². The molecule has 10 heteroatoms. The van der Waals surface area contributed by atoms with E-state index in [1.807, 2.05) is 72.8 Å². The quantitative estimate of drug-likeness (QED) is 0.0545. The molecule has 0 aliphatic carbocycles. The summed E-state index contributed by atoms with van der Waals surface area (Å²) >= 11 is 0. The smallest absolute Gasteiger partial charge is 0.126 e. The molecule has 0 aliphatic heterocycles. The summed E-state index contributed by atoms with van der Waals surface area (Å²) in [6, 6.07) is 36.2. The Morgan fingerprint density at radius 1 is 0.365 bits per heavy atom. The second-order valence-corrected chi connectivity index (χ2v) is 12.4. The molecule has 0 saturated carbocycles. The molecular formula is C42H46N8O2. The van der Waals surface area contributed by atoms with Gasteiger partial charge in [0.1, 0.15) is 34.8 Å². The molecule has 2 aromatic carbocycles. The lowest BCUT2D eigenvalue weighted by Gasteiger charge is -2.14. The van der Waals surface area contributed by atoms with Crippen LogP contribution in [-0.2, 0) is 26.2 Å². The number of anilines is 4. The largest absolute Gasteiger partial charge is 0.494 e. The number of rotatable bonds is 21. The fourth-order valence-electron chi connectivity index (χ4n) is 5.61. The van der Waals surface area contributed by atoms with Gasteiger partial charge in [0, 0.05) is 51.0 Å². The molecule has 4 heterocycles. The van der Waals surface area contributed by atoms with Crippen molar-refractivity contribution in [3.8, 4) is 11.5 Å². The number of benzene rings is 2. The maximum Gasteiger partial charge on any atom is 0.126 e. The Bertz CT molecular complexity index is 1630. The minimum Gasteiger partial charge on any atom is -0.494 e. The van der Waals surface area contributed by atoms with Crippen LogP contribution in [-0.4, -0.2) is 33.1 Å². The highest BCUT2D eigenvalue weighted by Gasteiger charge is 2.07. The van der Waals surface area contributed by atoms with Crippen LogP contribution in [0.2, 0.25) is 0 Å². The van der Waals surface area contributed by atoms with Gasteiger partial charge < -0.3 is 30.7 Å². The molecule has 0 spiro atoms. The third-order valence-electron chi connectivity index (χ3n) is 8.18. The number of hydrogen-bond donors (Lipinski definition) is 4. The Morgan fingerprint density at radius 2 is 0.673 bits per heavy atom. The highest BCUT2D eigenvalue weighted by Crippen LogP contribution is 2.22. The predicted molar refractivity (Wildman–Crippen MR) is 209 cm³/mol. The first-order valence-corrected chi connectivity index (χ1v) is 17.9. The topological polar surface area (TPSA) is 118 Å². The van der Waals surface area contributed by atoms with Crippen LogP contribution in [0.15, 0.2) is 134 Å². The van der Waals surface area contributed by atoms with Gasteiger partial charge in [0.2, 0.25) is 0 Å². The van der Waals surface area contributed by atoms with Gasteiger partial charge in [0.15, 0.2) is 0 Å². The van der Waals surface area contributed by atoms with Crippen LogP contribution < -0.4 is 30.7 Å². The Balaban J connectivity index is 0.961. The van der Waals surface area contributed by atoms with E-state index in [2.05, 4.69) is 77.6 Å². The van der Waals surface area contributed by atoms with Crippen molar-refractivity contribution in [3.63, 3.8) is 0 Å². The monoisotopic (exact) mass is 694 g/mol. The first kappa shape index (κ1) is 35.7. The van der Waals surface area contributed by atoms with E-state index in [1.165, 1.54) is 0 Å². The number of unbranched alkanes of at least 4 members (excludes halogenated alkanes) is 3. The molecule has 0 aliphatic rings. The van der Waals surface area contributed by atoms with Crippen LogP contribution in [0.25, 0.3) is 0 Å². The fourth-order valence-corrected chi connectivity index (χ4v) is 5.61. The van der Waals surface area contributed by atoms with E-state index in [0.717, 1.165) is 82.7 Å². The molecule has 0 bridgehead atoms. The molecule has 4 aromatic heterocycles. The van der Waals surface area contributed by atoms with Crippen molar-refractivity contribution in [2.24, 2.45) is 0 Å². The highest BCUT2D eigenvalue weighted by atomic mass is 16.5. The Labute approximate surface area is 306 Å². The van der Waals surface area contributed by atoms with E-state index in [0.29, 0.717) is 39.4 Å². The molecule has 0 atom stereocenters. The third kappa shape index (κ3) is 12.3. The number of ether oxygens (including phenoxy) is 2. The van der Waals surface area contributed by atoms with Crippen molar-refractivity contribution in [2.75, 3.05) is 34.5 Å². The molecule has 0 radical (unpaired) electrons. The van der Waals surface area contributed by atoms with Crippen LogP contribution >= 0.6 is 0 Å². The van der Waals surface area contributed by atoms with Gasteiger partial charge in [-0.2, -0.15) is 0 Å². The first-order chi connectivity index (χ1) is 25.7. The van der Waals surface area contributed by atoms with Gasteiger partial charge >= 0.3 is 0 Å². The lowest BCUT2D eigenvalue weighted by molar-refractivity contribution is 0.287. The Hall–Kier alpha value is -6.16. The summed E-state index contributed by atoms with van der Waals surface area (Å²) in [5.74, 6) is 5.10. The van der Waals surface area contributed by atoms with Gasteiger partial charge in [-0.3, -0.25) is 0 Å². The number of hydrogen-bond acceptors (Lipinski definition) is 10. The van der Waals surface area contributed by atoms with Crippen LogP contribution in [0.5, 0.6) is 11.5 Å². The van der Waals surface area contributed by atoms with Crippen molar-refractivity contribution in [1.82, 2.24) is 19.9 Å². The van der Waals surface area contributed by atoms with E-state index in [4.69, 9.17) is 9.47 Å². The zero-order valence-corrected chi connectivity index (χ0v) is 29.4. The molecule has 6 aromatic rings. The number of nitrogens with one attached hydrogen (secondary N) is 4. The summed E-state index contributed by atoms with van der Waals surface area (Å²) in [6.07, 6.45) is 11.2. The van der Waals surface area contributed by atoms with E-state index in [-0.39, 0.29) is 0 Å². The lowest BCUT2D eigenvalue weighted by Crippen LogP contribution is -2.06. The number of aromatic nitrogens is 4. The molecule has 266 valence electrons. The molecular weight excluding hydrogens is 649 g/mol. The zero-order chi connectivity index (χ0) is 35.5. The van der Waals surface area contributed by atoms with E-state index in [9.17, 15) is 0 Å². The van der Waals surface area contributed by atoms with Gasteiger partial charge in [-0.15, -0.1) is 0 Å². The lowest BCUT2D eigenvalue weighted by atomic mass is 10.1. The molecule has 4 N–H and O–H groups in total. The van der Waals surface area contributed by atoms with Crippen molar-refractivity contribution in [3.05, 3.63) is 156 Å². The third-order valence-corrected chi connectivity index (χ3v) is 8.18. The number of nitrogens with zero attached hydrogens (tertiary/aromatic N) is 4. The van der Waals surface area contributed by atoms with Crippen LogP contribution in [0.1, 0.15) is 47.9 Å². The summed E-state index contributed by atoms with van der Waals surface area (Å²) in [5, 5.41) is 13.6. The van der Waals surface area contributed by atoms with Gasteiger partial charge in [0.25, 0.3) is 0 Å². The summed E-state index contributed by atoms with van der Waals surface area (Å²) in [7, 11) is 0. The first-order valence-electron chi connectivity index (χ1n) is 17.9. The van der Waals surface area contributed by atoms with Crippen molar-refractivity contribution >= 4 is 23.3 Å². The molecule has 6 rings (SSSR count). The average molecular weight is 695 g/mol. The van der Waals surface area contributed by atoms with Gasteiger partial charge in [-0.05, 0) is 121 Å². The molecule has 52 heavy (non-hydrogen) atoms. The van der Waals surface area contributed by atoms with E-state index in [1.54, 1.807) is 24.8 Å². The van der Waals surface area contributed by atoms with Crippen LogP contribution in [0, 0.1) is 0 Å². The Morgan fingerprint density at radius 3 is 0.942 bits per heavy atom. The van der Waals surface area contributed by atoms with Crippen LogP contribution in [0.3, 0.4) is 0 Å². The maximum atomic E-state index is 6.26. The normalized spacial score (nSPS) is 10.7. The molecule has 0 fully saturated rings. The second-order valence-electron chi connectivity index (χ2n) is 12.4. The minimum absolute atomic E-state index is 0.649. The van der Waals surface area contributed by atoms with Crippen molar-refractivity contribution < 1.29 is 9.47 Å². The summed E-state index contributed by atoms with van der Waals surface area (Å²) in [5.41, 5.74) is 4.52. The molecule has 0 amide bonds. The zero-order valence-electron chi connectivity index (χ0n) is 29.4. The standard InChI is InChI=1S/C42H46N8O2/c1(11-21-51-37-25-33(29-47-39-13-3-7-17-43-39)23-34(26-37)30-48-40-14-4-8-18-44-40)2-12-22-52-38-27-35(31-49-41-15-5-9-19-45-41)24-36(28-38)32-50-42-16-6-10-20-46-42/h3-10,13-20,23-28H,1-2,11-12,21-22,29-32H2,(H,43,47)(H,44,48)(H,45,49)(H,46,50). The number of pyridine rings is 4. The van der Waals surface area contributed by atoms with Gasteiger partial charge in [0.05, 0.1) is 13.2 Å². The summed E-state index contributed by atoms with van der Waals surface area (Å²) in [6.45, 7) is 3.91. The molecule has 0 saturated heterocycles.